The topological polar surface area (TPSA) is 69.6 Å². The number of nitrogens with zero attached hydrogens (tertiary/aromatic N) is 1. The first-order chi connectivity index (χ1) is 11.9. The minimum absolute atomic E-state index is 0.102. The molecule has 2 aromatic carbocycles. The normalized spacial score (nSPS) is 10.4. The van der Waals surface area contributed by atoms with Crippen molar-refractivity contribution in [3.8, 4) is 5.75 Å². The maximum atomic E-state index is 12.4. The zero-order chi connectivity index (χ0) is 18.4. The van der Waals surface area contributed by atoms with Crippen molar-refractivity contribution in [3.63, 3.8) is 0 Å². The van der Waals surface area contributed by atoms with Gasteiger partial charge in [0.1, 0.15) is 5.75 Å². The zero-order valence-corrected chi connectivity index (χ0v) is 15.1. The number of anilines is 1. The molecule has 0 bridgehead atoms. The monoisotopic (exact) mass is 380 g/mol. The average molecular weight is 381 g/mol. The van der Waals surface area contributed by atoms with Crippen LogP contribution >= 0.6 is 23.2 Å². The Kier molecular flexibility index (Phi) is 6.67. The maximum absolute atomic E-state index is 12.4. The fraction of sp³-hybridized carbons (Fsp3) is 0.222. The number of nitrogens with one attached hydrogen (secondary N) is 1. The SMILES string of the molecule is CCN(CC(=O)Nc1c(Cl)cccc1Cl)C(=O)Cc1ccc(O)cc1. The molecule has 0 aliphatic carbocycles. The van der Waals surface area contributed by atoms with E-state index in [2.05, 4.69) is 5.32 Å². The lowest BCUT2D eigenvalue weighted by Crippen LogP contribution is -2.38. The molecule has 0 spiro atoms. The molecular weight excluding hydrogens is 363 g/mol. The molecule has 0 aliphatic rings. The third-order valence-corrected chi connectivity index (χ3v) is 4.22. The number of phenols is 1. The lowest BCUT2D eigenvalue weighted by Gasteiger charge is -2.21. The van der Waals surface area contributed by atoms with Crippen LogP contribution in [0.3, 0.4) is 0 Å². The van der Waals surface area contributed by atoms with Crippen LogP contribution < -0.4 is 5.32 Å². The van der Waals surface area contributed by atoms with Gasteiger partial charge in [-0.1, -0.05) is 41.4 Å². The Morgan fingerprint density at radius 1 is 1.08 bits per heavy atom. The van der Waals surface area contributed by atoms with Gasteiger partial charge in [-0.05, 0) is 36.8 Å². The van der Waals surface area contributed by atoms with Gasteiger partial charge in [0, 0.05) is 6.54 Å². The van der Waals surface area contributed by atoms with Gasteiger partial charge in [0.25, 0.3) is 0 Å². The Hall–Kier alpha value is -2.24. The van der Waals surface area contributed by atoms with E-state index in [9.17, 15) is 14.7 Å². The number of aromatic hydroxyl groups is 1. The molecule has 25 heavy (non-hydrogen) atoms. The first-order valence-corrected chi connectivity index (χ1v) is 8.45. The Balaban J connectivity index is 1.99. The van der Waals surface area contributed by atoms with E-state index in [0.29, 0.717) is 22.3 Å². The van der Waals surface area contributed by atoms with Gasteiger partial charge in [-0.3, -0.25) is 9.59 Å². The standard InChI is InChI=1S/C18H18Cl2N2O3/c1-2-22(17(25)10-12-6-8-13(23)9-7-12)11-16(24)21-18-14(19)4-3-5-15(18)20/h3-9,23H,2,10-11H2,1H3,(H,21,24). The summed E-state index contributed by atoms with van der Waals surface area (Å²) < 4.78 is 0. The van der Waals surface area contributed by atoms with Crippen LogP contribution in [0.15, 0.2) is 42.5 Å². The Morgan fingerprint density at radius 3 is 2.24 bits per heavy atom. The Labute approximate surface area is 156 Å². The maximum Gasteiger partial charge on any atom is 0.244 e. The number of rotatable bonds is 6. The average Bonchev–Trinajstić information content (AvgIpc) is 2.58. The molecule has 0 atom stereocenters. The minimum Gasteiger partial charge on any atom is -0.508 e. The van der Waals surface area contributed by atoms with Gasteiger partial charge in [0.15, 0.2) is 0 Å². The third-order valence-electron chi connectivity index (χ3n) is 3.59. The number of hydrogen-bond acceptors (Lipinski definition) is 3. The second kappa shape index (κ2) is 8.74. The molecule has 0 heterocycles. The molecule has 132 valence electrons. The predicted octanol–water partition coefficient (Wildman–Crippen LogP) is 3.73. The quantitative estimate of drug-likeness (QED) is 0.801. The van der Waals surface area contributed by atoms with Crippen LogP contribution in [0.5, 0.6) is 5.75 Å². The number of halogens is 2. The second-order valence-corrected chi connectivity index (χ2v) is 6.21. The number of likely N-dealkylation sites (N-methyl/N-ethyl adjacent to an activating group) is 1. The number of benzene rings is 2. The summed E-state index contributed by atoms with van der Waals surface area (Å²) in [7, 11) is 0. The van der Waals surface area contributed by atoms with Crippen molar-refractivity contribution in [1.82, 2.24) is 4.90 Å². The van der Waals surface area contributed by atoms with Crippen LogP contribution in [0.25, 0.3) is 0 Å². The highest BCUT2D eigenvalue weighted by Crippen LogP contribution is 2.29. The number of carbonyl (C=O) groups excluding carboxylic acids is 2. The molecule has 0 radical (unpaired) electrons. The van der Waals surface area contributed by atoms with Gasteiger partial charge in [-0.25, -0.2) is 0 Å². The van der Waals surface area contributed by atoms with Crippen molar-refractivity contribution in [1.29, 1.82) is 0 Å². The first-order valence-electron chi connectivity index (χ1n) is 7.70. The number of hydrogen-bond donors (Lipinski definition) is 2. The van der Waals surface area contributed by atoms with Crippen molar-refractivity contribution >= 4 is 40.7 Å². The van der Waals surface area contributed by atoms with Gasteiger partial charge in [0.2, 0.25) is 11.8 Å². The van der Waals surface area contributed by atoms with E-state index in [1.807, 2.05) is 0 Å². The van der Waals surface area contributed by atoms with Crippen LogP contribution in [-0.2, 0) is 16.0 Å². The van der Waals surface area contributed by atoms with Gasteiger partial charge in [-0.15, -0.1) is 0 Å². The van der Waals surface area contributed by atoms with Gasteiger partial charge in [-0.2, -0.15) is 0 Å². The van der Waals surface area contributed by atoms with Gasteiger partial charge in [0.05, 0.1) is 28.7 Å². The van der Waals surface area contributed by atoms with Gasteiger partial charge < -0.3 is 15.3 Å². The van der Waals surface area contributed by atoms with Crippen LogP contribution in [0.1, 0.15) is 12.5 Å². The molecule has 2 N–H and O–H groups in total. The minimum atomic E-state index is -0.379. The molecule has 0 unspecified atom stereocenters. The molecule has 0 aliphatic heterocycles. The fourth-order valence-electron chi connectivity index (χ4n) is 2.25. The van der Waals surface area contributed by atoms with Crippen molar-refractivity contribution in [2.75, 3.05) is 18.4 Å². The van der Waals surface area contributed by atoms with Crippen molar-refractivity contribution in [3.05, 3.63) is 58.1 Å². The summed E-state index contributed by atoms with van der Waals surface area (Å²) in [6.07, 6.45) is 0.147. The molecule has 2 aromatic rings. The molecule has 2 amide bonds. The fourth-order valence-corrected chi connectivity index (χ4v) is 2.74. The summed E-state index contributed by atoms with van der Waals surface area (Å²) in [6.45, 7) is 2.08. The van der Waals surface area contributed by atoms with E-state index >= 15 is 0 Å². The van der Waals surface area contributed by atoms with Crippen LogP contribution in [0.2, 0.25) is 10.0 Å². The van der Waals surface area contributed by atoms with Crippen molar-refractivity contribution in [2.45, 2.75) is 13.3 Å². The summed E-state index contributed by atoms with van der Waals surface area (Å²) in [5, 5.41) is 12.6. The molecule has 0 saturated carbocycles. The summed E-state index contributed by atoms with van der Waals surface area (Å²) in [4.78, 5) is 26.1. The largest absolute Gasteiger partial charge is 0.508 e. The third kappa shape index (κ3) is 5.37. The molecule has 0 fully saturated rings. The number of carbonyl (C=O) groups is 2. The van der Waals surface area contributed by atoms with E-state index in [4.69, 9.17) is 23.2 Å². The smallest absolute Gasteiger partial charge is 0.244 e. The predicted molar refractivity (Wildman–Crippen MR) is 99.2 cm³/mol. The summed E-state index contributed by atoms with van der Waals surface area (Å²) in [5.74, 6) is -0.427. The van der Waals surface area contributed by atoms with E-state index in [1.54, 1.807) is 37.3 Å². The zero-order valence-electron chi connectivity index (χ0n) is 13.6. The van der Waals surface area contributed by atoms with Crippen LogP contribution in [0, 0.1) is 0 Å². The molecule has 0 aromatic heterocycles. The number of amides is 2. The summed E-state index contributed by atoms with van der Waals surface area (Å²) in [5.41, 5.74) is 1.09. The van der Waals surface area contributed by atoms with Gasteiger partial charge >= 0.3 is 0 Å². The Morgan fingerprint density at radius 2 is 1.68 bits per heavy atom. The Bertz CT molecular complexity index is 743. The molecule has 2 rings (SSSR count). The van der Waals surface area contributed by atoms with E-state index in [0.717, 1.165) is 5.56 Å². The first kappa shape index (κ1) is 19.1. The highest BCUT2D eigenvalue weighted by atomic mass is 35.5. The lowest BCUT2D eigenvalue weighted by atomic mass is 10.1. The lowest BCUT2D eigenvalue weighted by molar-refractivity contribution is -0.133. The molecule has 0 saturated heterocycles. The van der Waals surface area contributed by atoms with E-state index in [1.165, 1.54) is 17.0 Å². The van der Waals surface area contributed by atoms with Crippen molar-refractivity contribution < 1.29 is 14.7 Å². The highest BCUT2D eigenvalue weighted by molar-refractivity contribution is 6.39. The highest BCUT2D eigenvalue weighted by Gasteiger charge is 2.17. The summed E-state index contributed by atoms with van der Waals surface area (Å²) >= 11 is 12.1. The van der Waals surface area contributed by atoms with Crippen molar-refractivity contribution in [2.24, 2.45) is 0 Å². The molecule has 5 nitrogen and oxygen atoms in total. The second-order valence-electron chi connectivity index (χ2n) is 5.40. The van der Waals surface area contributed by atoms with E-state index < -0.39 is 0 Å². The molecule has 7 heteroatoms. The number of para-hydroxylation sites is 1. The molecular formula is C18H18Cl2N2O3. The van der Waals surface area contributed by atoms with E-state index in [-0.39, 0.29) is 30.5 Å². The number of phenolic OH excluding ortho intramolecular Hbond substituents is 1. The summed E-state index contributed by atoms with van der Waals surface area (Å²) in [6, 6.07) is 11.3. The van der Waals surface area contributed by atoms with Crippen LogP contribution in [-0.4, -0.2) is 34.9 Å². The van der Waals surface area contributed by atoms with Crippen LogP contribution in [0.4, 0.5) is 5.69 Å².